The van der Waals surface area contributed by atoms with Crippen LogP contribution in [0.25, 0.3) is 11.4 Å². The van der Waals surface area contributed by atoms with E-state index in [-0.39, 0.29) is 5.75 Å². The number of aliphatic carboxylic acids is 1. The second-order valence-electron chi connectivity index (χ2n) is 4.91. The number of carbonyl (C=O) groups is 1. The van der Waals surface area contributed by atoms with Crippen LogP contribution in [0.3, 0.4) is 0 Å². The molecule has 6 heteroatoms. The van der Waals surface area contributed by atoms with Crippen molar-refractivity contribution in [2.75, 3.05) is 5.75 Å². The van der Waals surface area contributed by atoms with E-state index in [2.05, 4.69) is 14.8 Å². The predicted molar refractivity (Wildman–Crippen MR) is 76.5 cm³/mol. The summed E-state index contributed by atoms with van der Waals surface area (Å²) in [6, 6.07) is 9.90. The van der Waals surface area contributed by atoms with Crippen molar-refractivity contribution in [3.8, 4) is 11.4 Å². The van der Waals surface area contributed by atoms with Crippen LogP contribution in [0, 0.1) is 5.92 Å². The molecule has 1 aliphatic carbocycles. The molecule has 1 aromatic heterocycles. The van der Waals surface area contributed by atoms with Crippen molar-refractivity contribution < 1.29 is 9.90 Å². The van der Waals surface area contributed by atoms with Crippen LogP contribution in [-0.2, 0) is 11.3 Å². The molecule has 1 aliphatic rings. The van der Waals surface area contributed by atoms with Gasteiger partial charge in [0.05, 0.1) is 5.75 Å². The summed E-state index contributed by atoms with van der Waals surface area (Å²) in [6.07, 6.45) is 2.46. The monoisotopic (exact) mass is 289 g/mol. The SMILES string of the molecule is O=C(O)CSc1nnc(-c2ccccc2)n1CC1CC1. The van der Waals surface area contributed by atoms with Gasteiger partial charge >= 0.3 is 5.97 Å². The first-order valence-electron chi connectivity index (χ1n) is 6.57. The van der Waals surface area contributed by atoms with E-state index >= 15 is 0 Å². The molecule has 1 fully saturated rings. The maximum Gasteiger partial charge on any atom is 0.313 e. The van der Waals surface area contributed by atoms with Gasteiger partial charge in [-0.3, -0.25) is 4.79 Å². The molecule has 3 rings (SSSR count). The van der Waals surface area contributed by atoms with E-state index in [1.807, 2.05) is 30.3 Å². The minimum absolute atomic E-state index is 0.0115. The van der Waals surface area contributed by atoms with Crippen molar-refractivity contribution in [1.82, 2.24) is 14.8 Å². The number of rotatable bonds is 6. The minimum atomic E-state index is -0.836. The van der Waals surface area contributed by atoms with Crippen molar-refractivity contribution in [2.45, 2.75) is 24.5 Å². The molecular weight excluding hydrogens is 274 g/mol. The van der Waals surface area contributed by atoms with Gasteiger partial charge in [0.25, 0.3) is 0 Å². The second kappa shape index (κ2) is 5.66. The third kappa shape index (κ3) is 3.01. The van der Waals surface area contributed by atoms with Crippen LogP contribution >= 0.6 is 11.8 Å². The standard InChI is InChI=1S/C14H15N3O2S/c18-12(19)9-20-14-16-15-13(11-4-2-1-3-5-11)17(14)8-10-6-7-10/h1-5,10H,6-9H2,(H,18,19). The van der Waals surface area contributed by atoms with Crippen LogP contribution < -0.4 is 0 Å². The molecule has 0 bridgehead atoms. The van der Waals surface area contributed by atoms with Gasteiger partial charge in [-0.05, 0) is 18.8 Å². The Hall–Kier alpha value is -1.82. The van der Waals surface area contributed by atoms with Crippen LogP contribution in [0.2, 0.25) is 0 Å². The molecule has 1 saturated carbocycles. The Morgan fingerprint density at radius 2 is 2.05 bits per heavy atom. The van der Waals surface area contributed by atoms with Crippen LogP contribution in [-0.4, -0.2) is 31.6 Å². The van der Waals surface area contributed by atoms with Gasteiger partial charge in [-0.15, -0.1) is 10.2 Å². The van der Waals surface area contributed by atoms with Gasteiger partial charge < -0.3 is 9.67 Å². The summed E-state index contributed by atoms with van der Waals surface area (Å²) >= 11 is 1.23. The van der Waals surface area contributed by atoms with E-state index < -0.39 is 5.97 Å². The minimum Gasteiger partial charge on any atom is -0.481 e. The van der Waals surface area contributed by atoms with Crippen LogP contribution in [0.15, 0.2) is 35.5 Å². The summed E-state index contributed by atoms with van der Waals surface area (Å²) < 4.78 is 2.06. The summed E-state index contributed by atoms with van der Waals surface area (Å²) in [4.78, 5) is 10.7. The largest absolute Gasteiger partial charge is 0.481 e. The Labute approximate surface area is 121 Å². The first-order chi connectivity index (χ1) is 9.74. The zero-order chi connectivity index (χ0) is 13.9. The fourth-order valence-corrected chi connectivity index (χ4v) is 2.71. The van der Waals surface area contributed by atoms with E-state index in [1.165, 1.54) is 24.6 Å². The number of carboxylic acids is 1. The first-order valence-corrected chi connectivity index (χ1v) is 7.56. The summed E-state index contributed by atoms with van der Waals surface area (Å²) in [5.74, 6) is 0.678. The fourth-order valence-electron chi connectivity index (χ4n) is 2.05. The summed E-state index contributed by atoms with van der Waals surface area (Å²) in [6.45, 7) is 0.874. The number of hydrogen-bond acceptors (Lipinski definition) is 4. The van der Waals surface area contributed by atoms with Gasteiger partial charge in [-0.25, -0.2) is 0 Å². The molecule has 0 unspecified atom stereocenters. The van der Waals surface area contributed by atoms with Crippen molar-refractivity contribution in [3.63, 3.8) is 0 Å². The maximum atomic E-state index is 10.7. The number of nitrogens with zero attached hydrogens (tertiary/aromatic N) is 3. The highest BCUT2D eigenvalue weighted by Crippen LogP contribution is 2.34. The highest BCUT2D eigenvalue weighted by molar-refractivity contribution is 7.99. The molecule has 0 aliphatic heterocycles. The molecule has 20 heavy (non-hydrogen) atoms. The third-order valence-corrected chi connectivity index (χ3v) is 4.16. The van der Waals surface area contributed by atoms with Gasteiger partial charge in [-0.1, -0.05) is 42.1 Å². The van der Waals surface area contributed by atoms with E-state index in [4.69, 9.17) is 5.11 Å². The molecule has 0 atom stereocenters. The molecule has 2 aromatic rings. The molecule has 1 aromatic carbocycles. The molecule has 1 N–H and O–H groups in total. The van der Waals surface area contributed by atoms with E-state index in [0.717, 1.165) is 17.9 Å². The third-order valence-electron chi connectivity index (χ3n) is 3.21. The first kappa shape index (κ1) is 13.2. The molecule has 0 saturated heterocycles. The van der Waals surface area contributed by atoms with Gasteiger partial charge in [0.2, 0.25) is 0 Å². The lowest BCUT2D eigenvalue weighted by Gasteiger charge is -2.08. The number of carboxylic acid groups (broad SMARTS) is 1. The lowest BCUT2D eigenvalue weighted by atomic mass is 10.2. The Morgan fingerprint density at radius 1 is 1.30 bits per heavy atom. The number of thioether (sulfide) groups is 1. The average molecular weight is 289 g/mol. The molecular formula is C14H15N3O2S. The van der Waals surface area contributed by atoms with Crippen LogP contribution in [0.5, 0.6) is 0 Å². The zero-order valence-corrected chi connectivity index (χ0v) is 11.7. The quantitative estimate of drug-likeness (QED) is 0.828. The molecule has 1 heterocycles. The van der Waals surface area contributed by atoms with Crippen LogP contribution in [0.1, 0.15) is 12.8 Å². The average Bonchev–Trinajstić information content (AvgIpc) is 3.17. The zero-order valence-electron chi connectivity index (χ0n) is 10.9. The smallest absolute Gasteiger partial charge is 0.313 e. The predicted octanol–water partition coefficient (Wildman–Crippen LogP) is 2.53. The van der Waals surface area contributed by atoms with E-state index in [1.54, 1.807) is 0 Å². The second-order valence-corrected chi connectivity index (χ2v) is 5.85. The van der Waals surface area contributed by atoms with E-state index in [0.29, 0.717) is 11.1 Å². The molecule has 0 amide bonds. The van der Waals surface area contributed by atoms with E-state index in [9.17, 15) is 4.79 Å². The Morgan fingerprint density at radius 3 is 2.70 bits per heavy atom. The summed E-state index contributed by atoms with van der Waals surface area (Å²) in [7, 11) is 0. The number of hydrogen-bond donors (Lipinski definition) is 1. The van der Waals surface area contributed by atoms with Gasteiger partial charge in [0.15, 0.2) is 11.0 Å². The highest BCUT2D eigenvalue weighted by atomic mass is 32.2. The molecule has 104 valence electrons. The lowest BCUT2D eigenvalue weighted by molar-refractivity contribution is -0.133. The molecule has 5 nitrogen and oxygen atoms in total. The molecule has 0 spiro atoms. The maximum absolute atomic E-state index is 10.7. The van der Waals surface area contributed by atoms with Crippen LogP contribution in [0.4, 0.5) is 0 Å². The van der Waals surface area contributed by atoms with Crippen molar-refractivity contribution in [2.24, 2.45) is 5.92 Å². The normalized spacial score (nSPS) is 14.4. The van der Waals surface area contributed by atoms with Gasteiger partial charge in [0, 0.05) is 12.1 Å². The van der Waals surface area contributed by atoms with Crippen molar-refractivity contribution in [3.05, 3.63) is 30.3 Å². The summed E-state index contributed by atoms with van der Waals surface area (Å²) in [5, 5.41) is 17.9. The number of aromatic nitrogens is 3. The lowest BCUT2D eigenvalue weighted by Crippen LogP contribution is -2.06. The fraction of sp³-hybridized carbons (Fsp3) is 0.357. The Bertz CT molecular complexity index is 608. The topological polar surface area (TPSA) is 68.0 Å². The van der Waals surface area contributed by atoms with Crippen molar-refractivity contribution in [1.29, 1.82) is 0 Å². The highest BCUT2D eigenvalue weighted by Gasteiger charge is 2.25. The Kier molecular flexibility index (Phi) is 3.73. The Balaban J connectivity index is 1.90. The van der Waals surface area contributed by atoms with Gasteiger partial charge in [0.1, 0.15) is 0 Å². The van der Waals surface area contributed by atoms with Crippen molar-refractivity contribution >= 4 is 17.7 Å². The van der Waals surface area contributed by atoms with Gasteiger partial charge in [-0.2, -0.15) is 0 Å². The molecule has 0 radical (unpaired) electrons. The summed E-state index contributed by atoms with van der Waals surface area (Å²) in [5.41, 5.74) is 1.02. The number of benzene rings is 1.